The molecule has 0 fully saturated rings. The Labute approximate surface area is 236 Å². The third-order valence-electron chi connectivity index (χ3n) is 5.78. The molecule has 0 aliphatic carbocycles. The van der Waals surface area contributed by atoms with Crippen LogP contribution in [-0.4, -0.2) is 24.2 Å². The van der Waals surface area contributed by atoms with Crippen LogP contribution in [0.2, 0.25) is 0 Å². The van der Waals surface area contributed by atoms with Crippen molar-refractivity contribution in [2.24, 2.45) is 0 Å². The van der Waals surface area contributed by atoms with Crippen LogP contribution in [-0.2, 0) is 27.9 Å². The number of aromatic nitrogens is 1. The number of hydrogen-bond donors (Lipinski definition) is 0. The summed E-state index contributed by atoms with van der Waals surface area (Å²) in [7, 11) is 0. The number of aryl methyl sites for hydroxylation is 1. The Morgan fingerprint density at radius 1 is 1.02 bits per heavy atom. The van der Waals surface area contributed by atoms with E-state index in [4.69, 9.17) is 9.47 Å². The van der Waals surface area contributed by atoms with E-state index in [1.807, 2.05) is 19.1 Å². The zero-order chi connectivity index (χ0) is 28.9. The first-order valence-electron chi connectivity index (χ1n) is 12.2. The van der Waals surface area contributed by atoms with Gasteiger partial charge < -0.3 is 9.47 Å². The minimum atomic E-state index is -4.45. The van der Waals surface area contributed by atoms with E-state index in [1.165, 1.54) is 47.4 Å². The quantitative estimate of drug-likeness (QED) is 0.105. The van der Waals surface area contributed by atoms with Crippen LogP contribution in [0, 0.1) is 18.6 Å². The molecular weight excluding hydrogens is 569 g/mol. The zero-order valence-corrected chi connectivity index (χ0v) is 23.1. The molecule has 0 amide bonds. The normalized spacial score (nSPS) is 11.5. The third-order valence-corrected chi connectivity index (χ3v) is 8.13. The van der Waals surface area contributed by atoms with Gasteiger partial charge in [0.2, 0.25) is 0 Å². The van der Waals surface area contributed by atoms with Crippen LogP contribution in [0.4, 0.5) is 22.0 Å². The van der Waals surface area contributed by atoms with Crippen molar-refractivity contribution in [2.75, 3.05) is 13.2 Å². The van der Waals surface area contributed by atoms with Gasteiger partial charge in [-0.1, -0.05) is 18.2 Å². The monoisotopic (exact) mass is 593 g/mol. The number of rotatable bonds is 10. The van der Waals surface area contributed by atoms with Gasteiger partial charge >= 0.3 is 12.1 Å². The lowest BCUT2D eigenvalue weighted by Crippen LogP contribution is -2.14. The Hall–Kier alpha value is -3.44. The molecule has 4 nitrogen and oxygen atoms in total. The van der Waals surface area contributed by atoms with E-state index >= 15 is 0 Å². The second-order valence-corrected chi connectivity index (χ2v) is 10.8. The van der Waals surface area contributed by atoms with E-state index < -0.39 is 29.3 Å². The Balaban J connectivity index is 1.56. The highest BCUT2D eigenvalue weighted by molar-refractivity contribution is 7.98. The number of alkyl halides is 3. The molecule has 40 heavy (non-hydrogen) atoms. The van der Waals surface area contributed by atoms with Gasteiger partial charge in [-0.05, 0) is 61.4 Å². The highest BCUT2D eigenvalue weighted by Crippen LogP contribution is 2.37. The molecule has 0 radical (unpaired) electrons. The van der Waals surface area contributed by atoms with Gasteiger partial charge in [0.05, 0.1) is 17.9 Å². The lowest BCUT2D eigenvalue weighted by Gasteiger charge is -2.10. The number of benzene rings is 3. The highest BCUT2D eigenvalue weighted by atomic mass is 32.2. The van der Waals surface area contributed by atoms with Crippen LogP contribution < -0.4 is 4.74 Å². The largest absolute Gasteiger partial charge is 0.482 e. The lowest BCUT2D eigenvalue weighted by molar-refractivity contribution is -0.145. The number of nitrogens with zero attached hydrogens (tertiary/aromatic N) is 1. The van der Waals surface area contributed by atoms with Gasteiger partial charge in [-0.15, -0.1) is 23.1 Å². The number of esters is 1. The second-order valence-electron chi connectivity index (χ2n) is 8.69. The summed E-state index contributed by atoms with van der Waals surface area (Å²) in [6.07, 6.45) is -4.36. The number of thiazole rings is 1. The molecule has 0 spiro atoms. The zero-order valence-electron chi connectivity index (χ0n) is 21.5. The molecule has 11 heteroatoms. The Bertz CT molecular complexity index is 1490. The Morgan fingerprint density at radius 3 is 2.42 bits per heavy atom. The molecule has 1 aromatic heterocycles. The number of hydrogen-bond acceptors (Lipinski definition) is 6. The van der Waals surface area contributed by atoms with Crippen molar-refractivity contribution in [1.82, 2.24) is 4.98 Å². The summed E-state index contributed by atoms with van der Waals surface area (Å²) < 4.78 is 77.3. The molecular formula is C29H24F5NO3S2. The van der Waals surface area contributed by atoms with Crippen LogP contribution in [0.5, 0.6) is 5.75 Å². The summed E-state index contributed by atoms with van der Waals surface area (Å²) in [6.45, 7) is 3.64. The van der Waals surface area contributed by atoms with E-state index in [0.29, 0.717) is 27.8 Å². The predicted molar refractivity (Wildman–Crippen MR) is 145 cm³/mol. The number of carbonyl (C=O) groups is 1. The Kier molecular flexibility index (Phi) is 9.47. The van der Waals surface area contributed by atoms with Crippen LogP contribution in [0.15, 0.2) is 65.6 Å². The van der Waals surface area contributed by atoms with Crippen molar-refractivity contribution in [3.63, 3.8) is 0 Å². The van der Waals surface area contributed by atoms with Crippen molar-refractivity contribution in [1.29, 1.82) is 0 Å². The molecule has 3 aromatic carbocycles. The highest BCUT2D eigenvalue weighted by Gasteiger charge is 2.30. The summed E-state index contributed by atoms with van der Waals surface area (Å²) in [5, 5.41) is 0.501. The maximum Gasteiger partial charge on any atom is 0.416 e. The minimum absolute atomic E-state index is 0.0960. The molecule has 0 bridgehead atoms. The van der Waals surface area contributed by atoms with Crippen molar-refractivity contribution >= 4 is 29.1 Å². The maximum absolute atomic E-state index is 14.4. The number of ether oxygens (including phenoxy) is 2. The average Bonchev–Trinajstić information content (AvgIpc) is 3.31. The van der Waals surface area contributed by atoms with E-state index in [1.54, 1.807) is 13.0 Å². The average molecular weight is 594 g/mol. The molecule has 210 valence electrons. The molecule has 0 N–H and O–H groups in total. The first kappa shape index (κ1) is 29.5. The first-order valence-corrected chi connectivity index (χ1v) is 14.0. The van der Waals surface area contributed by atoms with Crippen LogP contribution in [0.3, 0.4) is 0 Å². The van der Waals surface area contributed by atoms with Gasteiger partial charge in [0.1, 0.15) is 22.4 Å². The fraction of sp³-hybridized carbons (Fsp3) is 0.241. The van der Waals surface area contributed by atoms with Crippen LogP contribution in [0.1, 0.15) is 34.2 Å². The molecule has 0 atom stereocenters. The molecule has 0 aliphatic heterocycles. The van der Waals surface area contributed by atoms with Gasteiger partial charge in [-0.3, -0.25) is 0 Å². The van der Waals surface area contributed by atoms with Crippen LogP contribution >= 0.6 is 23.1 Å². The fourth-order valence-corrected chi connectivity index (χ4v) is 5.95. The summed E-state index contributed by atoms with van der Waals surface area (Å²) in [5.41, 5.74) is 1.38. The van der Waals surface area contributed by atoms with Crippen molar-refractivity contribution < 1.29 is 36.2 Å². The van der Waals surface area contributed by atoms with Gasteiger partial charge in [0.15, 0.2) is 6.61 Å². The second kappa shape index (κ2) is 12.8. The first-order chi connectivity index (χ1) is 19.0. The molecule has 4 aromatic rings. The summed E-state index contributed by atoms with van der Waals surface area (Å²) in [6, 6.07) is 13.6. The van der Waals surface area contributed by atoms with Gasteiger partial charge in [0.25, 0.3) is 0 Å². The Morgan fingerprint density at radius 2 is 1.77 bits per heavy atom. The smallest absolute Gasteiger partial charge is 0.416 e. The van der Waals surface area contributed by atoms with Crippen molar-refractivity contribution in [3.8, 4) is 16.3 Å². The van der Waals surface area contributed by atoms with Crippen LogP contribution in [0.25, 0.3) is 10.6 Å². The van der Waals surface area contributed by atoms with Crippen molar-refractivity contribution in [2.45, 2.75) is 37.1 Å². The van der Waals surface area contributed by atoms with E-state index in [-0.39, 0.29) is 25.2 Å². The minimum Gasteiger partial charge on any atom is -0.482 e. The standard InChI is InChI=1S/C29H24F5NO3S2/c1-3-37-27(36)15-38-25-11-10-22(12-17(25)2)39-16-26-24(13-19-6-9-21(30)14-23(19)31)35-28(40-26)18-4-7-20(8-5-18)29(32,33)34/h4-12,14H,3,13,15-16H2,1-2H3. The number of halogens is 5. The van der Waals surface area contributed by atoms with Gasteiger partial charge in [-0.2, -0.15) is 13.2 Å². The number of carbonyl (C=O) groups excluding carboxylic acids is 1. The summed E-state index contributed by atoms with van der Waals surface area (Å²) >= 11 is 2.81. The summed E-state index contributed by atoms with van der Waals surface area (Å²) in [4.78, 5) is 17.9. The predicted octanol–water partition coefficient (Wildman–Crippen LogP) is 8.24. The lowest BCUT2D eigenvalue weighted by atomic mass is 10.1. The molecule has 0 saturated heterocycles. The third kappa shape index (κ3) is 7.60. The number of thioether (sulfide) groups is 1. The van der Waals surface area contributed by atoms with E-state index in [0.717, 1.165) is 33.5 Å². The maximum atomic E-state index is 14.4. The van der Waals surface area contributed by atoms with Crippen molar-refractivity contribution in [3.05, 3.63) is 99.6 Å². The van der Waals surface area contributed by atoms with E-state index in [9.17, 15) is 26.7 Å². The van der Waals surface area contributed by atoms with E-state index in [2.05, 4.69) is 4.98 Å². The molecule has 4 rings (SSSR count). The van der Waals surface area contributed by atoms with Gasteiger partial charge in [0, 0.05) is 33.6 Å². The fourth-order valence-electron chi connectivity index (χ4n) is 3.77. The topological polar surface area (TPSA) is 48.4 Å². The van der Waals surface area contributed by atoms with Gasteiger partial charge in [-0.25, -0.2) is 18.6 Å². The molecule has 0 aliphatic rings. The summed E-state index contributed by atoms with van der Waals surface area (Å²) in [5.74, 6) is -0.840. The molecule has 0 unspecified atom stereocenters. The SMILES string of the molecule is CCOC(=O)COc1ccc(SCc2sc(-c3ccc(C(F)(F)F)cc3)nc2Cc2ccc(F)cc2F)cc1C. The molecule has 1 heterocycles. The molecule has 0 saturated carbocycles.